The van der Waals surface area contributed by atoms with Gasteiger partial charge in [-0.1, -0.05) is 38.1 Å². The van der Waals surface area contributed by atoms with Crippen molar-refractivity contribution >= 4 is 17.4 Å². The van der Waals surface area contributed by atoms with Gasteiger partial charge in [-0.15, -0.1) is 11.6 Å². The van der Waals surface area contributed by atoms with Crippen LogP contribution in [-0.4, -0.2) is 10.8 Å². The molecule has 0 aliphatic heterocycles. The Morgan fingerprint density at radius 1 is 1.14 bits per heavy atom. The Kier molecular flexibility index (Phi) is 5.51. The molecule has 0 N–H and O–H groups in total. The predicted octanol–water partition coefficient (Wildman–Crippen LogP) is 4.64. The van der Waals surface area contributed by atoms with Crippen molar-refractivity contribution in [2.45, 2.75) is 32.6 Å². The largest absolute Gasteiger partial charge is 0.294 e. The van der Waals surface area contributed by atoms with Gasteiger partial charge < -0.3 is 0 Å². The highest BCUT2D eigenvalue weighted by atomic mass is 35.5. The van der Waals surface area contributed by atoms with Crippen LogP contribution in [0.5, 0.6) is 0 Å². The number of hydrogen-bond acceptors (Lipinski definition) is 2. The van der Waals surface area contributed by atoms with E-state index in [1.165, 1.54) is 5.56 Å². The number of pyridine rings is 1. The smallest absolute Gasteiger partial charge is 0.167 e. The quantitative estimate of drug-likeness (QED) is 0.574. The first-order chi connectivity index (χ1) is 10.1. The van der Waals surface area contributed by atoms with Crippen molar-refractivity contribution < 1.29 is 4.79 Å². The number of aromatic nitrogens is 1. The highest BCUT2D eigenvalue weighted by Crippen LogP contribution is 2.15. The summed E-state index contributed by atoms with van der Waals surface area (Å²) in [4.78, 5) is 16.4. The van der Waals surface area contributed by atoms with Crippen LogP contribution in [0.4, 0.5) is 0 Å². The molecule has 21 heavy (non-hydrogen) atoms. The van der Waals surface area contributed by atoms with Crippen molar-refractivity contribution in [3.05, 3.63) is 65.0 Å². The molecule has 2 rings (SSSR count). The van der Waals surface area contributed by atoms with Gasteiger partial charge in [-0.25, -0.2) is 0 Å². The first kappa shape index (κ1) is 15.7. The van der Waals surface area contributed by atoms with E-state index >= 15 is 0 Å². The summed E-state index contributed by atoms with van der Waals surface area (Å²) in [6, 6.07) is 10.2. The summed E-state index contributed by atoms with van der Waals surface area (Å²) in [5.74, 6) is 0.746. The molecule has 1 aromatic carbocycles. The van der Waals surface area contributed by atoms with Gasteiger partial charge in [0, 0.05) is 29.8 Å². The Morgan fingerprint density at radius 3 is 2.43 bits per heavy atom. The molecule has 110 valence electrons. The van der Waals surface area contributed by atoms with Crippen LogP contribution < -0.4 is 0 Å². The molecule has 0 saturated carbocycles. The molecule has 0 aliphatic rings. The standard InChI is InChI=1S/C18H20ClNO/c1-3-13(2)18(21)17-9-16(11-20-12-17)8-14-4-6-15(10-19)7-5-14/h4-7,9,11-13H,3,8,10H2,1-2H3. The van der Waals surface area contributed by atoms with E-state index in [2.05, 4.69) is 17.1 Å². The summed E-state index contributed by atoms with van der Waals surface area (Å²) in [7, 11) is 0. The van der Waals surface area contributed by atoms with E-state index < -0.39 is 0 Å². The molecule has 0 amide bonds. The Hall–Kier alpha value is -1.67. The zero-order valence-electron chi connectivity index (χ0n) is 12.5. The summed E-state index contributed by atoms with van der Waals surface area (Å²) in [5.41, 5.74) is 4.07. The molecular weight excluding hydrogens is 282 g/mol. The molecule has 0 radical (unpaired) electrons. The lowest BCUT2D eigenvalue weighted by molar-refractivity contribution is 0.0927. The number of benzene rings is 1. The summed E-state index contributed by atoms with van der Waals surface area (Å²) in [6.45, 7) is 3.98. The first-order valence-electron chi connectivity index (χ1n) is 7.26. The van der Waals surface area contributed by atoms with Crippen molar-refractivity contribution in [3.8, 4) is 0 Å². The summed E-state index contributed by atoms with van der Waals surface area (Å²) in [6.07, 6.45) is 5.11. The van der Waals surface area contributed by atoms with Gasteiger partial charge in [0.05, 0.1) is 0 Å². The average molecular weight is 302 g/mol. The monoisotopic (exact) mass is 301 g/mol. The SMILES string of the molecule is CCC(C)C(=O)c1cncc(Cc2ccc(CCl)cc2)c1. The summed E-state index contributed by atoms with van der Waals surface area (Å²) in [5, 5.41) is 0. The van der Waals surface area contributed by atoms with Crippen molar-refractivity contribution in [2.24, 2.45) is 5.92 Å². The van der Waals surface area contributed by atoms with Crippen molar-refractivity contribution in [1.29, 1.82) is 0 Å². The normalized spacial score (nSPS) is 12.1. The fourth-order valence-electron chi connectivity index (χ4n) is 2.17. The molecule has 1 aromatic heterocycles. The van der Waals surface area contributed by atoms with E-state index in [9.17, 15) is 4.79 Å². The highest BCUT2D eigenvalue weighted by Gasteiger charge is 2.14. The molecule has 2 aromatic rings. The van der Waals surface area contributed by atoms with Crippen LogP contribution >= 0.6 is 11.6 Å². The van der Waals surface area contributed by atoms with Gasteiger partial charge in [-0.3, -0.25) is 9.78 Å². The van der Waals surface area contributed by atoms with Gasteiger partial charge in [0.2, 0.25) is 0 Å². The second-order valence-electron chi connectivity index (χ2n) is 5.38. The van der Waals surface area contributed by atoms with Crippen molar-refractivity contribution in [2.75, 3.05) is 0 Å². The minimum Gasteiger partial charge on any atom is -0.294 e. The van der Waals surface area contributed by atoms with Gasteiger partial charge in [0.25, 0.3) is 0 Å². The van der Waals surface area contributed by atoms with Crippen LogP contribution in [0.2, 0.25) is 0 Å². The third-order valence-electron chi connectivity index (χ3n) is 3.72. The minimum absolute atomic E-state index is 0.0463. The van der Waals surface area contributed by atoms with Gasteiger partial charge >= 0.3 is 0 Å². The van der Waals surface area contributed by atoms with Gasteiger partial charge in [0.1, 0.15) is 0 Å². The summed E-state index contributed by atoms with van der Waals surface area (Å²) >= 11 is 5.79. The Morgan fingerprint density at radius 2 is 1.81 bits per heavy atom. The number of nitrogens with zero attached hydrogens (tertiary/aromatic N) is 1. The molecular formula is C18H20ClNO. The lowest BCUT2D eigenvalue weighted by Crippen LogP contribution is -2.11. The van der Waals surface area contributed by atoms with E-state index in [4.69, 9.17) is 11.6 Å². The number of halogens is 1. The van der Waals surface area contributed by atoms with Crippen LogP contribution in [0.3, 0.4) is 0 Å². The number of alkyl halides is 1. The molecule has 3 heteroatoms. The van der Waals surface area contributed by atoms with Gasteiger partial charge in [0.15, 0.2) is 5.78 Å². The van der Waals surface area contributed by atoms with Crippen LogP contribution in [0.1, 0.15) is 47.3 Å². The number of Topliss-reactive ketones (excluding diaryl/α,β-unsaturated/α-hetero) is 1. The van der Waals surface area contributed by atoms with E-state index in [1.54, 1.807) is 6.20 Å². The minimum atomic E-state index is 0.0463. The molecule has 2 nitrogen and oxygen atoms in total. The zero-order valence-corrected chi connectivity index (χ0v) is 13.2. The average Bonchev–Trinajstić information content (AvgIpc) is 2.54. The number of ketones is 1. The Labute approximate surface area is 131 Å². The molecule has 0 saturated heterocycles. The Bertz CT molecular complexity index is 607. The van der Waals surface area contributed by atoms with Gasteiger partial charge in [-0.05, 0) is 35.6 Å². The summed E-state index contributed by atoms with van der Waals surface area (Å²) < 4.78 is 0. The predicted molar refractivity (Wildman–Crippen MR) is 86.8 cm³/mol. The van der Waals surface area contributed by atoms with Crippen LogP contribution in [0.25, 0.3) is 0 Å². The van der Waals surface area contributed by atoms with Crippen LogP contribution in [-0.2, 0) is 12.3 Å². The lowest BCUT2D eigenvalue weighted by atomic mass is 9.96. The fourth-order valence-corrected chi connectivity index (χ4v) is 2.35. The maximum atomic E-state index is 12.2. The lowest BCUT2D eigenvalue weighted by Gasteiger charge is -2.09. The molecule has 1 heterocycles. The molecule has 0 spiro atoms. The Balaban J connectivity index is 2.15. The number of carbonyl (C=O) groups excluding carboxylic acids is 1. The van der Waals surface area contributed by atoms with E-state index in [0.29, 0.717) is 11.4 Å². The third kappa shape index (κ3) is 4.15. The maximum absolute atomic E-state index is 12.2. The number of hydrogen-bond donors (Lipinski definition) is 0. The molecule has 1 unspecified atom stereocenters. The highest BCUT2D eigenvalue weighted by molar-refractivity contribution is 6.17. The van der Waals surface area contributed by atoms with Gasteiger partial charge in [-0.2, -0.15) is 0 Å². The molecule has 1 atom stereocenters. The topological polar surface area (TPSA) is 30.0 Å². The molecule has 0 bridgehead atoms. The van der Waals surface area contributed by atoms with Crippen molar-refractivity contribution in [3.63, 3.8) is 0 Å². The fraction of sp³-hybridized carbons (Fsp3) is 0.333. The second kappa shape index (κ2) is 7.37. The molecule has 0 aliphatic carbocycles. The van der Waals surface area contributed by atoms with E-state index in [0.717, 1.165) is 24.0 Å². The van der Waals surface area contributed by atoms with Crippen molar-refractivity contribution in [1.82, 2.24) is 4.98 Å². The molecule has 0 fully saturated rings. The first-order valence-corrected chi connectivity index (χ1v) is 7.79. The second-order valence-corrected chi connectivity index (χ2v) is 5.65. The van der Waals surface area contributed by atoms with E-state index in [1.807, 2.05) is 38.2 Å². The third-order valence-corrected chi connectivity index (χ3v) is 4.03. The van der Waals surface area contributed by atoms with E-state index in [-0.39, 0.29) is 11.7 Å². The number of carbonyl (C=O) groups is 1. The zero-order chi connectivity index (χ0) is 15.2. The van der Waals surface area contributed by atoms with Crippen LogP contribution in [0.15, 0.2) is 42.7 Å². The maximum Gasteiger partial charge on any atom is 0.167 e. The van der Waals surface area contributed by atoms with Crippen LogP contribution in [0, 0.1) is 5.92 Å². The number of rotatable bonds is 6.